The smallest absolute Gasteiger partial charge is 0.262 e. The number of carbonyl (C=O) groups is 1. The first-order valence-corrected chi connectivity index (χ1v) is 8.77. The normalized spacial score (nSPS) is 11.0. The number of hydrogen-bond donors (Lipinski definition) is 2. The second-order valence-corrected chi connectivity index (χ2v) is 7.12. The number of carbonyl (C=O) groups excluding carboxylic acids is 1. The van der Waals surface area contributed by atoms with Crippen LogP contribution in [0.25, 0.3) is 0 Å². The number of anilines is 2. The van der Waals surface area contributed by atoms with Crippen LogP contribution in [0.5, 0.6) is 5.75 Å². The molecule has 0 aliphatic heterocycles. The van der Waals surface area contributed by atoms with E-state index in [9.17, 15) is 13.2 Å². The summed E-state index contributed by atoms with van der Waals surface area (Å²) in [5.74, 6) is 0.162. The minimum absolute atomic E-state index is 0.0947. The van der Waals surface area contributed by atoms with Gasteiger partial charge in [0.1, 0.15) is 5.75 Å². The van der Waals surface area contributed by atoms with Crippen LogP contribution < -0.4 is 14.8 Å². The molecule has 0 saturated carbocycles. The van der Waals surface area contributed by atoms with Crippen LogP contribution in [0.4, 0.5) is 11.4 Å². The van der Waals surface area contributed by atoms with Crippen molar-refractivity contribution in [3.8, 4) is 5.75 Å². The topological polar surface area (TPSA) is 84.5 Å². The molecule has 2 aromatic carbocycles. The summed E-state index contributed by atoms with van der Waals surface area (Å²) in [4.78, 5) is 11.3. The molecule has 24 heavy (non-hydrogen) atoms. The van der Waals surface area contributed by atoms with Crippen LogP contribution in [0, 0.1) is 13.8 Å². The predicted octanol–water partition coefficient (Wildman–Crippen LogP) is 3.07. The van der Waals surface area contributed by atoms with Crippen molar-refractivity contribution in [3.63, 3.8) is 0 Å². The Kier molecular flexibility index (Phi) is 5.14. The molecular weight excluding hydrogens is 328 g/mol. The minimum Gasteiger partial charge on any atom is -0.495 e. The van der Waals surface area contributed by atoms with E-state index in [2.05, 4.69) is 10.0 Å². The molecule has 128 valence electrons. The highest BCUT2D eigenvalue weighted by atomic mass is 32.2. The van der Waals surface area contributed by atoms with Gasteiger partial charge in [-0.3, -0.25) is 9.52 Å². The Bertz CT molecular complexity index is 876. The van der Waals surface area contributed by atoms with Gasteiger partial charge in [0, 0.05) is 12.6 Å². The highest BCUT2D eigenvalue weighted by molar-refractivity contribution is 7.92. The lowest BCUT2D eigenvalue weighted by Crippen LogP contribution is -2.16. The second-order valence-electron chi connectivity index (χ2n) is 5.47. The second kappa shape index (κ2) is 6.92. The van der Waals surface area contributed by atoms with Gasteiger partial charge in [0.2, 0.25) is 5.91 Å². The standard InChI is InChI=1S/C17H20N2O4S/c1-11-5-8-16(23-4)15(9-11)19-24(21,22)17-10-14(18-13(3)20)7-6-12(17)2/h5-10,19H,1-4H3,(H,18,20). The van der Waals surface area contributed by atoms with Crippen molar-refractivity contribution in [1.29, 1.82) is 0 Å². The zero-order chi connectivity index (χ0) is 17.9. The maximum atomic E-state index is 12.8. The first-order valence-electron chi connectivity index (χ1n) is 7.28. The third-order valence-corrected chi connectivity index (χ3v) is 4.90. The summed E-state index contributed by atoms with van der Waals surface area (Å²) in [6.45, 7) is 4.92. The van der Waals surface area contributed by atoms with E-state index in [0.717, 1.165) is 5.56 Å². The Hall–Kier alpha value is -2.54. The summed E-state index contributed by atoms with van der Waals surface area (Å²) in [5.41, 5.74) is 2.26. The molecule has 0 fully saturated rings. The van der Waals surface area contributed by atoms with Gasteiger partial charge < -0.3 is 10.1 Å². The van der Waals surface area contributed by atoms with Gasteiger partial charge in [-0.25, -0.2) is 8.42 Å². The Morgan fingerprint density at radius 3 is 2.42 bits per heavy atom. The number of sulfonamides is 1. The maximum absolute atomic E-state index is 12.8. The molecule has 0 aromatic heterocycles. The van der Waals surface area contributed by atoms with Crippen LogP contribution in [0.15, 0.2) is 41.3 Å². The summed E-state index contributed by atoms with van der Waals surface area (Å²) in [6, 6.07) is 9.97. The van der Waals surface area contributed by atoms with Gasteiger partial charge in [0.25, 0.3) is 10.0 Å². The predicted molar refractivity (Wildman–Crippen MR) is 94.0 cm³/mol. The van der Waals surface area contributed by atoms with E-state index < -0.39 is 10.0 Å². The van der Waals surface area contributed by atoms with Gasteiger partial charge in [-0.15, -0.1) is 0 Å². The molecule has 0 bridgehead atoms. The van der Waals surface area contributed by atoms with E-state index in [4.69, 9.17) is 4.74 Å². The lowest BCUT2D eigenvalue weighted by Gasteiger charge is -2.15. The number of amides is 1. The van der Waals surface area contributed by atoms with Gasteiger partial charge in [0.05, 0.1) is 17.7 Å². The first kappa shape index (κ1) is 17.8. The molecule has 0 saturated heterocycles. The third-order valence-electron chi connectivity index (χ3n) is 3.40. The lowest BCUT2D eigenvalue weighted by molar-refractivity contribution is -0.114. The summed E-state index contributed by atoms with van der Waals surface area (Å²) < 4.78 is 33.3. The van der Waals surface area contributed by atoms with Crippen molar-refractivity contribution in [3.05, 3.63) is 47.5 Å². The number of benzene rings is 2. The molecule has 2 N–H and O–H groups in total. The van der Waals surface area contributed by atoms with Crippen LogP contribution in [0.2, 0.25) is 0 Å². The third kappa shape index (κ3) is 4.05. The van der Waals surface area contributed by atoms with E-state index in [1.807, 2.05) is 13.0 Å². The fourth-order valence-electron chi connectivity index (χ4n) is 2.27. The zero-order valence-corrected chi connectivity index (χ0v) is 14.8. The summed E-state index contributed by atoms with van der Waals surface area (Å²) in [6.07, 6.45) is 0. The van der Waals surface area contributed by atoms with E-state index in [0.29, 0.717) is 22.7 Å². The monoisotopic (exact) mass is 348 g/mol. The van der Waals surface area contributed by atoms with Crippen LogP contribution >= 0.6 is 0 Å². The summed E-state index contributed by atoms with van der Waals surface area (Å²) in [7, 11) is -2.36. The average molecular weight is 348 g/mol. The Morgan fingerprint density at radius 2 is 1.79 bits per heavy atom. The highest BCUT2D eigenvalue weighted by Crippen LogP contribution is 2.29. The Labute approximate surface area is 141 Å². The highest BCUT2D eigenvalue weighted by Gasteiger charge is 2.19. The van der Waals surface area contributed by atoms with E-state index in [-0.39, 0.29) is 10.8 Å². The molecule has 2 aromatic rings. The quantitative estimate of drug-likeness (QED) is 0.870. The summed E-state index contributed by atoms with van der Waals surface area (Å²) in [5, 5.41) is 2.58. The molecular formula is C17H20N2O4S. The Balaban J connectivity index is 2.44. The molecule has 0 unspecified atom stereocenters. The van der Waals surface area contributed by atoms with Crippen molar-refractivity contribution in [2.75, 3.05) is 17.1 Å². The fourth-order valence-corrected chi connectivity index (χ4v) is 3.60. The van der Waals surface area contributed by atoms with E-state index in [1.165, 1.54) is 20.1 Å². The molecule has 0 aliphatic rings. The van der Waals surface area contributed by atoms with Gasteiger partial charge in [-0.1, -0.05) is 12.1 Å². The van der Waals surface area contributed by atoms with Crippen molar-refractivity contribution < 1.29 is 17.9 Å². The lowest BCUT2D eigenvalue weighted by atomic mass is 10.2. The number of methoxy groups -OCH3 is 1. The van der Waals surface area contributed by atoms with Gasteiger partial charge in [0.15, 0.2) is 0 Å². The number of ether oxygens (including phenoxy) is 1. The fraction of sp³-hybridized carbons (Fsp3) is 0.235. The minimum atomic E-state index is -3.83. The summed E-state index contributed by atoms with van der Waals surface area (Å²) >= 11 is 0. The largest absolute Gasteiger partial charge is 0.495 e. The molecule has 0 aliphatic carbocycles. The van der Waals surface area contributed by atoms with Gasteiger partial charge in [-0.2, -0.15) is 0 Å². The Morgan fingerprint density at radius 1 is 1.08 bits per heavy atom. The van der Waals surface area contributed by atoms with E-state index in [1.54, 1.807) is 31.2 Å². The SMILES string of the molecule is COc1ccc(C)cc1NS(=O)(=O)c1cc(NC(C)=O)ccc1C. The molecule has 2 rings (SSSR count). The first-order chi connectivity index (χ1) is 11.2. The molecule has 7 heteroatoms. The molecule has 0 radical (unpaired) electrons. The van der Waals surface area contributed by atoms with Crippen LogP contribution in [-0.2, 0) is 14.8 Å². The van der Waals surface area contributed by atoms with Crippen LogP contribution in [0.3, 0.4) is 0 Å². The van der Waals surface area contributed by atoms with E-state index >= 15 is 0 Å². The van der Waals surface area contributed by atoms with Crippen molar-refractivity contribution in [2.24, 2.45) is 0 Å². The molecule has 0 atom stereocenters. The van der Waals surface area contributed by atoms with Crippen molar-refractivity contribution >= 4 is 27.3 Å². The number of aryl methyl sites for hydroxylation is 2. The number of hydrogen-bond acceptors (Lipinski definition) is 4. The van der Waals surface area contributed by atoms with Crippen LogP contribution in [-0.4, -0.2) is 21.4 Å². The molecule has 1 amide bonds. The molecule has 0 heterocycles. The number of rotatable bonds is 5. The maximum Gasteiger partial charge on any atom is 0.262 e. The number of nitrogens with one attached hydrogen (secondary N) is 2. The van der Waals surface area contributed by atoms with Crippen molar-refractivity contribution in [1.82, 2.24) is 0 Å². The molecule has 0 spiro atoms. The average Bonchev–Trinajstić information content (AvgIpc) is 2.48. The van der Waals surface area contributed by atoms with Crippen LogP contribution in [0.1, 0.15) is 18.1 Å². The molecule has 6 nitrogen and oxygen atoms in total. The van der Waals surface area contributed by atoms with Gasteiger partial charge in [-0.05, 0) is 49.2 Å². The zero-order valence-electron chi connectivity index (χ0n) is 14.0. The van der Waals surface area contributed by atoms with Gasteiger partial charge >= 0.3 is 0 Å². The van der Waals surface area contributed by atoms with Crippen molar-refractivity contribution in [2.45, 2.75) is 25.7 Å².